The van der Waals surface area contributed by atoms with Gasteiger partial charge in [-0.3, -0.25) is 4.79 Å². The molecule has 128 valence electrons. The van der Waals surface area contributed by atoms with Gasteiger partial charge in [0.15, 0.2) is 0 Å². The second-order valence-corrected chi connectivity index (χ2v) is 5.74. The van der Waals surface area contributed by atoms with Crippen LogP contribution in [-0.2, 0) is 0 Å². The van der Waals surface area contributed by atoms with E-state index in [0.717, 1.165) is 30.9 Å². The van der Waals surface area contributed by atoms with Gasteiger partial charge in [-0.25, -0.2) is 9.50 Å². The Kier molecular flexibility index (Phi) is 6.73. The van der Waals surface area contributed by atoms with Crippen molar-refractivity contribution in [2.75, 3.05) is 13.1 Å². The molecule has 1 saturated heterocycles. The highest BCUT2D eigenvalue weighted by Gasteiger charge is 2.25. The SMILES string of the molecule is Cc1cc(C)n2nc(C(=O)NC3CCNCC3C)nc2n1.Cl.Cl. The average Bonchev–Trinajstić information content (AvgIpc) is 2.85. The predicted octanol–water partition coefficient (Wildman–Crippen LogP) is 1.31. The fraction of sp³-hybridized carbons (Fsp3) is 0.571. The van der Waals surface area contributed by atoms with Gasteiger partial charge in [-0.1, -0.05) is 6.92 Å². The predicted molar refractivity (Wildman–Crippen MR) is 92.7 cm³/mol. The van der Waals surface area contributed by atoms with Crippen LogP contribution in [0.1, 0.15) is 35.4 Å². The summed E-state index contributed by atoms with van der Waals surface area (Å²) in [7, 11) is 0. The molecular weight excluding hydrogens is 339 g/mol. The number of aryl methyl sites for hydroxylation is 2. The summed E-state index contributed by atoms with van der Waals surface area (Å²) in [5, 5.41) is 10.6. The molecule has 3 heterocycles. The Bertz CT molecular complexity index is 689. The number of nitrogens with one attached hydrogen (secondary N) is 2. The molecular formula is C14H22Cl2N6O. The van der Waals surface area contributed by atoms with E-state index in [9.17, 15) is 4.79 Å². The maximum absolute atomic E-state index is 12.3. The number of carbonyl (C=O) groups is 1. The van der Waals surface area contributed by atoms with Gasteiger partial charge >= 0.3 is 0 Å². The van der Waals surface area contributed by atoms with Gasteiger partial charge in [-0.15, -0.1) is 29.9 Å². The van der Waals surface area contributed by atoms with Gasteiger partial charge < -0.3 is 10.6 Å². The van der Waals surface area contributed by atoms with Gasteiger partial charge in [0.05, 0.1) is 0 Å². The summed E-state index contributed by atoms with van der Waals surface area (Å²) in [6, 6.07) is 2.08. The van der Waals surface area contributed by atoms with Gasteiger partial charge in [-0.05, 0) is 45.3 Å². The van der Waals surface area contributed by atoms with E-state index in [2.05, 4.69) is 32.6 Å². The van der Waals surface area contributed by atoms with Crippen molar-refractivity contribution in [3.8, 4) is 0 Å². The summed E-state index contributed by atoms with van der Waals surface area (Å²) in [6.45, 7) is 7.80. The number of hydrogen-bond acceptors (Lipinski definition) is 5. The largest absolute Gasteiger partial charge is 0.346 e. The summed E-state index contributed by atoms with van der Waals surface area (Å²) in [5.41, 5.74) is 1.78. The van der Waals surface area contributed by atoms with Crippen molar-refractivity contribution >= 4 is 36.5 Å². The molecule has 0 aromatic carbocycles. The van der Waals surface area contributed by atoms with Gasteiger partial charge in [0.25, 0.3) is 11.7 Å². The number of aromatic nitrogens is 4. The van der Waals surface area contributed by atoms with Crippen molar-refractivity contribution in [3.05, 3.63) is 23.3 Å². The highest BCUT2D eigenvalue weighted by atomic mass is 35.5. The normalized spacial score (nSPS) is 20.5. The first kappa shape index (κ1) is 19.6. The van der Waals surface area contributed by atoms with E-state index in [1.54, 1.807) is 4.52 Å². The van der Waals surface area contributed by atoms with Crippen molar-refractivity contribution in [2.24, 2.45) is 5.92 Å². The second-order valence-electron chi connectivity index (χ2n) is 5.74. The van der Waals surface area contributed by atoms with Crippen LogP contribution in [0.4, 0.5) is 0 Å². The van der Waals surface area contributed by atoms with Crippen LogP contribution in [0.15, 0.2) is 6.07 Å². The number of nitrogens with zero attached hydrogens (tertiary/aromatic N) is 4. The van der Waals surface area contributed by atoms with Crippen LogP contribution in [0.25, 0.3) is 5.78 Å². The van der Waals surface area contributed by atoms with E-state index in [0.29, 0.717) is 11.7 Å². The molecule has 1 aliphatic heterocycles. The third-order valence-corrected chi connectivity index (χ3v) is 3.92. The number of piperidine rings is 1. The van der Waals surface area contributed by atoms with E-state index < -0.39 is 0 Å². The van der Waals surface area contributed by atoms with Crippen LogP contribution in [0.5, 0.6) is 0 Å². The third kappa shape index (κ3) is 4.10. The van der Waals surface area contributed by atoms with Gasteiger partial charge in [0.1, 0.15) is 0 Å². The third-order valence-electron chi connectivity index (χ3n) is 3.92. The highest BCUT2D eigenvalue weighted by Crippen LogP contribution is 2.11. The number of fused-ring (bicyclic) bond motifs is 1. The molecule has 0 bridgehead atoms. The molecule has 23 heavy (non-hydrogen) atoms. The monoisotopic (exact) mass is 360 g/mol. The molecule has 7 nitrogen and oxygen atoms in total. The molecule has 2 atom stereocenters. The molecule has 2 N–H and O–H groups in total. The zero-order chi connectivity index (χ0) is 15.0. The van der Waals surface area contributed by atoms with E-state index >= 15 is 0 Å². The minimum Gasteiger partial charge on any atom is -0.346 e. The maximum atomic E-state index is 12.3. The molecule has 0 radical (unpaired) electrons. The van der Waals surface area contributed by atoms with Gasteiger partial charge in [0.2, 0.25) is 5.82 Å². The maximum Gasteiger partial charge on any atom is 0.291 e. The van der Waals surface area contributed by atoms with E-state index in [1.165, 1.54) is 0 Å². The summed E-state index contributed by atoms with van der Waals surface area (Å²) in [6.07, 6.45) is 0.927. The zero-order valence-electron chi connectivity index (χ0n) is 13.4. The second kappa shape index (κ2) is 7.90. The Labute approximate surface area is 147 Å². The quantitative estimate of drug-likeness (QED) is 0.843. The average molecular weight is 361 g/mol. The van der Waals surface area contributed by atoms with Gasteiger partial charge in [-0.2, -0.15) is 4.98 Å². The van der Waals surface area contributed by atoms with Crippen molar-refractivity contribution in [1.82, 2.24) is 30.2 Å². The smallest absolute Gasteiger partial charge is 0.291 e. The number of halogens is 2. The lowest BCUT2D eigenvalue weighted by Gasteiger charge is -2.29. The number of rotatable bonds is 2. The molecule has 2 aromatic heterocycles. The van der Waals surface area contributed by atoms with Crippen LogP contribution >= 0.6 is 24.8 Å². The molecule has 0 aliphatic carbocycles. The topological polar surface area (TPSA) is 84.2 Å². The molecule has 1 amide bonds. The van der Waals surface area contributed by atoms with E-state index in [-0.39, 0.29) is 42.6 Å². The highest BCUT2D eigenvalue weighted by molar-refractivity contribution is 5.91. The summed E-state index contributed by atoms with van der Waals surface area (Å²) in [4.78, 5) is 20.9. The van der Waals surface area contributed by atoms with Crippen molar-refractivity contribution < 1.29 is 4.79 Å². The van der Waals surface area contributed by atoms with Crippen LogP contribution in [0.3, 0.4) is 0 Å². The first-order chi connectivity index (χ1) is 10.0. The minimum atomic E-state index is -0.226. The first-order valence-corrected chi connectivity index (χ1v) is 7.27. The fourth-order valence-electron chi connectivity index (χ4n) is 2.72. The first-order valence-electron chi connectivity index (χ1n) is 7.27. The molecule has 9 heteroatoms. The van der Waals surface area contributed by atoms with Crippen molar-refractivity contribution in [2.45, 2.75) is 33.2 Å². The number of amides is 1. The van der Waals surface area contributed by atoms with Crippen LogP contribution in [0.2, 0.25) is 0 Å². The molecule has 2 aromatic rings. The fourth-order valence-corrected chi connectivity index (χ4v) is 2.72. The van der Waals surface area contributed by atoms with Crippen LogP contribution in [0, 0.1) is 19.8 Å². The molecule has 1 fully saturated rings. The minimum absolute atomic E-state index is 0. The van der Waals surface area contributed by atoms with E-state index in [1.807, 2.05) is 19.9 Å². The van der Waals surface area contributed by atoms with Crippen molar-refractivity contribution in [3.63, 3.8) is 0 Å². The van der Waals surface area contributed by atoms with Crippen LogP contribution < -0.4 is 10.6 Å². The summed E-state index contributed by atoms with van der Waals surface area (Å²) < 4.78 is 1.60. The van der Waals surface area contributed by atoms with Gasteiger partial charge in [0, 0.05) is 17.4 Å². The van der Waals surface area contributed by atoms with Crippen molar-refractivity contribution in [1.29, 1.82) is 0 Å². The standard InChI is InChI=1S/C14H20N6O.2ClH/c1-8-7-15-5-4-11(8)17-13(21)12-18-14-16-9(2)6-10(3)20(14)19-12;;/h6,8,11,15H,4-5,7H2,1-3H3,(H,17,21);2*1H. The Morgan fingerprint density at radius 3 is 2.78 bits per heavy atom. The Hall–Kier alpha value is -1.44. The summed E-state index contributed by atoms with van der Waals surface area (Å²) in [5.74, 6) is 0.830. The van der Waals surface area contributed by atoms with E-state index in [4.69, 9.17) is 0 Å². The number of carbonyl (C=O) groups excluding carboxylic acids is 1. The lowest BCUT2D eigenvalue weighted by molar-refractivity contribution is 0.0904. The Balaban J connectivity index is 0.00000132. The molecule has 3 rings (SSSR count). The summed E-state index contributed by atoms with van der Waals surface area (Å²) >= 11 is 0. The Morgan fingerprint density at radius 1 is 1.35 bits per heavy atom. The Morgan fingerprint density at radius 2 is 2.09 bits per heavy atom. The molecule has 0 spiro atoms. The molecule has 2 unspecified atom stereocenters. The molecule has 0 saturated carbocycles. The lowest BCUT2D eigenvalue weighted by Crippen LogP contribution is -2.48. The lowest BCUT2D eigenvalue weighted by atomic mass is 9.95. The number of hydrogen-bond donors (Lipinski definition) is 2. The van der Waals surface area contributed by atoms with Crippen LogP contribution in [-0.4, -0.2) is 44.6 Å². The zero-order valence-corrected chi connectivity index (χ0v) is 15.0. The molecule has 1 aliphatic rings.